The van der Waals surface area contributed by atoms with Crippen molar-refractivity contribution in [2.75, 3.05) is 0 Å². The summed E-state index contributed by atoms with van der Waals surface area (Å²) < 4.78 is 0. The van der Waals surface area contributed by atoms with Gasteiger partial charge < -0.3 is 10.2 Å². The number of rotatable bonds is 12. The number of carbonyl (C=O) groups is 2. The van der Waals surface area contributed by atoms with Crippen LogP contribution in [0.2, 0.25) is 0 Å². The lowest BCUT2D eigenvalue weighted by Crippen LogP contribution is -2.14. The maximum Gasteiger partial charge on any atom is 0.303 e. The Balaban J connectivity index is 2.38. The molecule has 0 unspecified atom stereocenters. The first-order valence-electron chi connectivity index (χ1n) is 8.99. The molecular weight excluding hydrogens is 304 g/mol. The van der Waals surface area contributed by atoms with Gasteiger partial charge in [0.05, 0.1) is 6.10 Å². The number of aliphatic hydroxyl groups is 1. The smallest absolute Gasteiger partial charge is 0.303 e. The van der Waals surface area contributed by atoms with E-state index in [0.29, 0.717) is 6.42 Å². The predicted octanol–water partition coefficient (Wildman–Crippen LogP) is 4.06. The van der Waals surface area contributed by atoms with Crippen molar-refractivity contribution in [3.05, 3.63) is 36.5 Å². The Bertz CT molecular complexity index is 476. The topological polar surface area (TPSA) is 74.6 Å². The molecule has 0 radical (unpaired) electrons. The number of aliphatic hydroxyl groups excluding tert-OH is 1. The summed E-state index contributed by atoms with van der Waals surface area (Å²) in [7, 11) is 0. The molecule has 0 bridgehead atoms. The van der Waals surface area contributed by atoms with Gasteiger partial charge in [-0.3, -0.25) is 9.59 Å². The highest BCUT2D eigenvalue weighted by Gasteiger charge is 2.26. The van der Waals surface area contributed by atoms with Crippen molar-refractivity contribution in [3.63, 3.8) is 0 Å². The molecule has 1 rings (SSSR count). The molecule has 1 aliphatic carbocycles. The molecule has 0 aromatic carbocycles. The van der Waals surface area contributed by atoms with Crippen molar-refractivity contribution in [2.24, 2.45) is 11.8 Å². The monoisotopic (exact) mass is 334 g/mol. The molecular formula is C20H30O4. The first kappa shape index (κ1) is 20.4. The zero-order valence-electron chi connectivity index (χ0n) is 14.6. The van der Waals surface area contributed by atoms with E-state index in [2.05, 4.69) is 6.92 Å². The van der Waals surface area contributed by atoms with E-state index < -0.39 is 12.1 Å². The Morgan fingerprint density at radius 3 is 2.79 bits per heavy atom. The van der Waals surface area contributed by atoms with Crippen LogP contribution in [-0.4, -0.2) is 28.1 Å². The van der Waals surface area contributed by atoms with Gasteiger partial charge in [0.1, 0.15) is 0 Å². The van der Waals surface area contributed by atoms with Crippen LogP contribution in [-0.2, 0) is 9.59 Å². The maximum absolute atomic E-state index is 12.0. The normalized spacial score (nSPS) is 22.0. The van der Waals surface area contributed by atoms with Crippen LogP contribution in [0.3, 0.4) is 0 Å². The van der Waals surface area contributed by atoms with Gasteiger partial charge in [-0.2, -0.15) is 0 Å². The SMILES string of the molecule is CCCCC[C@H](O)/C=C/[C@H]1C(=O)C=C[C@@H]1CC=CCCCC(=O)O. The van der Waals surface area contributed by atoms with Crippen molar-refractivity contribution in [2.45, 2.75) is 64.4 Å². The van der Waals surface area contributed by atoms with Gasteiger partial charge in [0.2, 0.25) is 0 Å². The molecule has 0 aliphatic heterocycles. The van der Waals surface area contributed by atoms with Crippen LogP contribution >= 0.6 is 0 Å². The van der Waals surface area contributed by atoms with E-state index in [1.807, 2.05) is 24.3 Å². The largest absolute Gasteiger partial charge is 0.481 e. The summed E-state index contributed by atoms with van der Waals surface area (Å²) in [5.41, 5.74) is 0. The van der Waals surface area contributed by atoms with Gasteiger partial charge in [-0.05, 0) is 37.7 Å². The number of ketones is 1. The number of aliphatic carboxylic acids is 1. The zero-order chi connectivity index (χ0) is 17.8. The van der Waals surface area contributed by atoms with E-state index in [0.717, 1.165) is 38.5 Å². The summed E-state index contributed by atoms with van der Waals surface area (Å²) in [6.07, 6.45) is 17.0. The van der Waals surface area contributed by atoms with E-state index in [4.69, 9.17) is 5.11 Å². The minimum Gasteiger partial charge on any atom is -0.481 e. The Morgan fingerprint density at radius 2 is 2.08 bits per heavy atom. The number of carboxylic acid groups (broad SMARTS) is 1. The van der Waals surface area contributed by atoms with Gasteiger partial charge in [0.25, 0.3) is 0 Å². The van der Waals surface area contributed by atoms with Gasteiger partial charge in [-0.25, -0.2) is 0 Å². The third kappa shape index (κ3) is 8.25. The Hall–Kier alpha value is -1.68. The van der Waals surface area contributed by atoms with E-state index in [1.165, 1.54) is 0 Å². The summed E-state index contributed by atoms with van der Waals surface area (Å²) >= 11 is 0. The average Bonchev–Trinajstić information content (AvgIpc) is 2.89. The minimum atomic E-state index is -0.768. The quantitative estimate of drug-likeness (QED) is 0.417. The molecule has 3 atom stereocenters. The van der Waals surface area contributed by atoms with Crippen LogP contribution < -0.4 is 0 Å². The minimum absolute atomic E-state index is 0.0938. The molecule has 4 nitrogen and oxygen atoms in total. The molecule has 0 fully saturated rings. The molecule has 0 heterocycles. The number of unbranched alkanes of at least 4 members (excludes halogenated alkanes) is 3. The van der Waals surface area contributed by atoms with Gasteiger partial charge in [-0.15, -0.1) is 0 Å². The summed E-state index contributed by atoms with van der Waals surface area (Å²) in [5.74, 6) is -0.728. The zero-order valence-corrected chi connectivity index (χ0v) is 14.6. The lowest BCUT2D eigenvalue weighted by Gasteiger charge is -2.13. The third-order valence-electron chi connectivity index (χ3n) is 4.28. The fourth-order valence-electron chi connectivity index (χ4n) is 2.81. The molecule has 0 saturated heterocycles. The van der Waals surface area contributed by atoms with Crippen molar-refractivity contribution in [3.8, 4) is 0 Å². The number of hydrogen-bond acceptors (Lipinski definition) is 3. The number of allylic oxidation sites excluding steroid dienone is 5. The second-order valence-corrected chi connectivity index (χ2v) is 6.39. The standard InChI is InChI=1S/C20H30O4/c1-2-3-6-10-17(21)13-14-18-16(12-15-19(18)22)9-7-4-5-8-11-20(23)24/h4,7,12-18,21H,2-3,5-6,8-11H2,1H3,(H,23,24)/b7-4?,14-13+/t16-,17-,18+/m0/s1. The fraction of sp³-hybridized carbons (Fsp3) is 0.600. The number of hydrogen-bond donors (Lipinski definition) is 2. The first-order chi connectivity index (χ1) is 11.5. The predicted molar refractivity (Wildman–Crippen MR) is 95.7 cm³/mol. The van der Waals surface area contributed by atoms with Crippen molar-refractivity contribution >= 4 is 11.8 Å². The highest BCUT2D eigenvalue weighted by Crippen LogP contribution is 2.27. The van der Waals surface area contributed by atoms with Crippen molar-refractivity contribution in [1.82, 2.24) is 0 Å². The second kappa shape index (κ2) is 11.8. The third-order valence-corrected chi connectivity index (χ3v) is 4.28. The van der Waals surface area contributed by atoms with Crippen LogP contribution in [0.5, 0.6) is 0 Å². The van der Waals surface area contributed by atoms with E-state index >= 15 is 0 Å². The van der Waals surface area contributed by atoms with Crippen LogP contribution in [0.1, 0.15) is 58.3 Å². The molecule has 0 spiro atoms. The maximum atomic E-state index is 12.0. The van der Waals surface area contributed by atoms with Crippen LogP contribution in [0.15, 0.2) is 36.5 Å². The van der Waals surface area contributed by atoms with E-state index in [9.17, 15) is 14.7 Å². The molecule has 0 amide bonds. The molecule has 0 aromatic heterocycles. The molecule has 1 aliphatic rings. The van der Waals surface area contributed by atoms with Crippen molar-refractivity contribution in [1.29, 1.82) is 0 Å². The highest BCUT2D eigenvalue weighted by molar-refractivity contribution is 5.95. The summed E-state index contributed by atoms with van der Waals surface area (Å²) in [6, 6.07) is 0. The molecule has 2 N–H and O–H groups in total. The summed E-state index contributed by atoms with van der Waals surface area (Å²) in [6.45, 7) is 2.13. The summed E-state index contributed by atoms with van der Waals surface area (Å²) in [5, 5.41) is 18.5. The first-order valence-corrected chi connectivity index (χ1v) is 8.99. The van der Waals surface area contributed by atoms with Gasteiger partial charge in [-0.1, -0.05) is 56.6 Å². The van der Waals surface area contributed by atoms with Crippen LogP contribution in [0, 0.1) is 11.8 Å². The number of carbonyl (C=O) groups excluding carboxylic acids is 1. The van der Waals surface area contributed by atoms with Crippen LogP contribution in [0.4, 0.5) is 0 Å². The lowest BCUT2D eigenvalue weighted by molar-refractivity contribution is -0.137. The Labute approximate surface area is 145 Å². The lowest BCUT2D eigenvalue weighted by atomic mass is 9.90. The van der Waals surface area contributed by atoms with Gasteiger partial charge >= 0.3 is 5.97 Å². The second-order valence-electron chi connectivity index (χ2n) is 6.39. The molecule has 24 heavy (non-hydrogen) atoms. The van der Waals surface area contributed by atoms with Gasteiger partial charge in [0.15, 0.2) is 5.78 Å². The van der Waals surface area contributed by atoms with Crippen LogP contribution in [0.25, 0.3) is 0 Å². The molecule has 0 saturated carbocycles. The Morgan fingerprint density at radius 1 is 1.29 bits per heavy atom. The molecule has 134 valence electrons. The molecule has 4 heteroatoms. The molecule has 0 aromatic rings. The van der Waals surface area contributed by atoms with E-state index in [-0.39, 0.29) is 24.0 Å². The fourth-order valence-corrected chi connectivity index (χ4v) is 2.81. The number of carboxylic acids is 1. The highest BCUT2D eigenvalue weighted by atomic mass is 16.4. The van der Waals surface area contributed by atoms with Gasteiger partial charge in [0, 0.05) is 12.3 Å². The van der Waals surface area contributed by atoms with E-state index in [1.54, 1.807) is 12.2 Å². The average molecular weight is 334 g/mol. The Kier molecular flexibility index (Phi) is 10.0. The van der Waals surface area contributed by atoms with Crippen molar-refractivity contribution < 1.29 is 19.8 Å². The summed E-state index contributed by atoms with van der Waals surface area (Å²) in [4.78, 5) is 22.4.